The van der Waals surface area contributed by atoms with E-state index in [1.807, 2.05) is 0 Å². The van der Waals surface area contributed by atoms with Crippen LogP contribution in [-0.4, -0.2) is 84.3 Å². The van der Waals surface area contributed by atoms with Gasteiger partial charge in [0.05, 0.1) is 31.1 Å². The highest BCUT2D eigenvalue weighted by atomic mass is 16.5. The summed E-state index contributed by atoms with van der Waals surface area (Å²) >= 11 is 0. The van der Waals surface area contributed by atoms with Gasteiger partial charge in [0.1, 0.15) is 18.3 Å². The minimum atomic E-state index is -1.58. The summed E-state index contributed by atoms with van der Waals surface area (Å²) in [5.41, 5.74) is 1.23. The summed E-state index contributed by atoms with van der Waals surface area (Å²) in [6, 6.07) is 0. The first kappa shape index (κ1) is 22.7. The molecule has 32 heavy (non-hydrogen) atoms. The predicted molar refractivity (Wildman–Crippen MR) is 113 cm³/mol. The largest absolute Gasteiger partial charge is 0.390 e. The Bertz CT molecular complexity index is 736. The Morgan fingerprint density at radius 1 is 0.875 bits per heavy atom. The van der Waals surface area contributed by atoms with Crippen LogP contribution < -0.4 is 0 Å². The van der Waals surface area contributed by atoms with Gasteiger partial charge >= 0.3 is 0 Å². The Kier molecular flexibility index (Phi) is 6.32. The van der Waals surface area contributed by atoms with Crippen LogP contribution in [0.25, 0.3) is 0 Å². The van der Waals surface area contributed by atoms with Gasteiger partial charge < -0.3 is 30.3 Å². The van der Waals surface area contributed by atoms with Crippen LogP contribution in [0.4, 0.5) is 0 Å². The second-order valence-corrected chi connectivity index (χ2v) is 11.1. The smallest absolute Gasteiger partial charge is 0.111 e. The highest BCUT2D eigenvalue weighted by Crippen LogP contribution is 2.60. The van der Waals surface area contributed by atoms with Crippen LogP contribution in [0.1, 0.15) is 50.6 Å². The first-order chi connectivity index (χ1) is 15.3. The highest BCUT2D eigenvalue weighted by molar-refractivity contribution is 5.02. The van der Waals surface area contributed by atoms with E-state index in [4.69, 9.17) is 4.74 Å². The van der Waals surface area contributed by atoms with Crippen LogP contribution in [0.2, 0.25) is 0 Å². The molecule has 0 aromatic carbocycles. The van der Waals surface area contributed by atoms with E-state index in [1.165, 1.54) is 43.2 Å². The summed E-state index contributed by atoms with van der Waals surface area (Å²) in [6.45, 7) is 1.67. The van der Waals surface area contributed by atoms with E-state index in [0.717, 1.165) is 42.9 Å². The summed E-state index contributed by atoms with van der Waals surface area (Å²) in [6.07, 6.45) is 4.37. The molecule has 1 heterocycles. The Morgan fingerprint density at radius 3 is 2.03 bits per heavy atom. The van der Waals surface area contributed by atoms with Crippen molar-refractivity contribution in [3.8, 4) is 0 Å². The Labute approximate surface area is 188 Å². The Morgan fingerprint density at radius 2 is 1.44 bits per heavy atom. The van der Waals surface area contributed by atoms with Gasteiger partial charge in [-0.3, -0.25) is 4.68 Å². The molecule has 5 N–H and O–H groups in total. The van der Waals surface area contributed by atoms with Gasteiger partial charge in [-0.2, -0.15) is 0 Å². The van der Waals surface area contributed by atoms with Crippen LogP contribution in [0.5, 0.6) is 0 Å². The molecule has 0 spiro atoms. The van der Waals surface area contributed by atoms with Crippen LogP contribution in [0.3, 0.4) is 0 Å². The molecule has 180 valence electrons. The topological polar surface area (TPSA) is 141 Å². The minimum absolute atomic E-state index is 0.0820. The van der Waals surface area contributed by atoms with E-state index in [9.17, 15) is 25.5 Å². The van der Waals surface area contributed by atoms with Crippen LogP contribution in [-0.2, 0) is 17.7 Å². The summed E-state index contributed by atoms with van der Waals surface area (Å²) in [5.74, 6) is 1.95. The molecule has 5 aliphatic rings. The van der Waals surface area contributed by atoms with E-state index in [0.29, 0.717) is 12.0 Å². The third-order valence-electron chi connectivity index (χ3n) is 8.56. The number of rotatable bonds is 8. The first-order valence-corrected chi connectivity index (χ1v) is 12.2. The second kappa shape index (κ2) is 8.92. The van der Waals surface area contributed by atoms with E-state index >= 15 is 0 Å². The van der Waals surface area contributed by atoms with Crippen LogP contribution >= 0.6 is 0 Å². The van der Waals surface area contributed by atoms with Crippen molar-refractivity contribution in [2.75, 3.05) is 13.2 Å². The van der Waals surface area contributed by atoms with Crippen molar-refractivity contribution in [2.24, 2.45) is 29.1 Å². The fourth-order valence-corrected chi connectivity index (χ4v) is 7.40. The molecule has 9 nitrogen and oxygen atoms in total. The SMILES string of the molecule is OC1[C@@H](O)[C@H](O)C(Cn2cc(CCCOCC34CC5CC(CC(C5)C3)C4)nn2)[C@@H](O)[C@@H]1O. The lowest BCUT2D eigenvalue weighted by Crippen LogP contribution is -2.61. The Balaban J connectivity index is 1.06. The lowest BCUT2D eigenvalue weighted by molar-refractivity contribution is -0.206. The molecule has 0 amide bonds. The van der Waals surface area contributed by atoms with Crippen molar-refractivity contribution in [2.45, 2.75) is 88.4 Å². The number of nitrogens with zero attached hydrogens (tertiary/aromatic N) is 3. The van der Waals surface area contributed by atoms with Crippen molar-refractivity contribution >= 4 is 0 Å². The zero-order chi connectivity index (χ0) is 22.5. The van der Waals surface area contributed by atoms with Gasteiger partial charge in [0.25, 0.3) is 0 Å². The molecule has 1 aromatic rings. The molecule has 4 bridgehead atoms. The summed E-state index contributed by atoms with van der Waals surface area (Å²) < 4.78 is 7.63. The van der Waals surface area contributed by atoms with E-state index < -0.39 is 36.4 Å². The van der Waals surface area contributed by atoms with Crippen LogP contribution in [0, 0.1) is 29.1 Å². The molecule has 5 saturated carbocycles. The van der Waals surface area contributed by atoms with Crippen LogP contribution in [0.15, 0.2) is 6.20 Å². The zero-order valence-electron chi connectivity index (χ0n) is 18.5. The first-order valence-electron chi connectivity index (χ1n) is 12.2. The molecule has 1 aromatic heterocycles. The third kappa shape index (κ3) is 4.35. The lowest BCUT2D eigenvalue weighted by Gasteiger charge is -2.56. The third-order valence-corrected chi connectivity index (χ3v) is 8.56. The van der Waals surface area contributed by atoms with Crippen molar-refractivity contribution in [1.29, 1.82) is 0 Å². The number of hydrogen-bond donors (Lipinski definition) is 5. The second-order valence-electron chi connectivity index (χ2n) is 11.1. The highest BCUT2D eigenvalue weighted by Gasteiger charge is 2.51. The normalized spacial score (nSPS) is 45.5. The minimum Gasteiger partial charge on any atom is -0.390 e. The molecule has 9 heteroatoms. The van der Waals surface area contributed by atoms with E-state index in [2.05, 4.69) is 10.3 Å². The molecule has 5 fully saturated rings. The number of hydrogen-bond acceptors (Lipinski definition) is 8. The van der Waals surface area contributed by atoms with Gasteiger partial charge in [-0.05, 0) is 74.5 Å². The van der Waals surface area contributed by atoms with Crippen molar-refractivity contribution in [3.63, 3.8) is 0 Å². The molecule has 0 aliphatic heterocycles. The molecule has 0 radical (unpaired) electrons. The van der Waals surface area contributed by atoms with Gasteiger partial charge in [-0.25, -0.2) is 0 Å². The Hall–Kier alpha value is -1.10. The van der Waals surface area contributed by atoms with Gasteiger partial charge in [0, 0.05) is 18.7 Å². The summed E-state index contributed by atoms with van der Waals surface area (Å²) in [4.78, 5) is 0. The fraction of sp³-hybridized carbons (Fsp3) is 0.913. The molecule has 6 rings (SSSR count). The maximum atomic E-state index is 10.2. The van der Waals surface area contributed by atoms with Gasteiger partial charge in [0.15, 0.2) is 0 Å². The monoisotopic (exact) mass is 451 g/mol. The van der Waals surface area contributed by atoms with Crippen molar-refractivity contribution in [3.05, 3.63) is 11.9 Å². The summed E-state index contributed by atoms with van der Waals surface area (Å²) in [7, 11) is 0. The zero-order valence-corrected chi connectivity index (χ0v) is 18.5. The average Bonchev–Trinajstić information content (AvgIpc) is 3.20. The van der Waals surface area contributed by atoms with Gasteiger partial charge in [-0.15, -0.1) is 5.10 Å². The maximum absolute atomic E-state index is 10.2. The maximum Gasteiger partial charge on any atom is 0.111 e. The number of aliphatic hydroxyl groups excluding tert-OH is 5. The number of aryl methyl sites for hydroxylation is 1. The molecule has 4 atom stereocenters. The standard InChI is InChI=1S/C23H37N3O6/c27-18-17(19(28)21(30)22(31)20(18)29)11-26-10-16(24-25-26)2-1-3-32-12-23-7-13-4-14(8-23)6-15(5-13)9-23/h10,13-15,17-22,27-31H,1-9,11-12H2/t13?,14?,15?,17?,18-,19-,20+,21+,22?,23?/m1/s1. The predicted octanol–water partition coefficient (Wildman–Crippen LogP) is -0.122. The van der Waals surface area contributed by atoms with Gasteiger partial charge in [-0.1, -0.05) is 5.21 Å². The number of aliphatic hydroxyl groups is 5. The quantitative estimate of drug-likeness (QED) is 0.345. The van der Waals surface area contributed by atoms with Gasteiger partial charge in [0.2, 0.25) is 0 Å². The summed E-state index contributed by atoms with van der Waals surface area (Å²) in [5, 5.41) is 58.1. The average molecular weight is 452 g/mol. The lowest BCUT2D eigenvalue weighted by atomic mass is 9.50. The molecule has 0 unspecified atom stereocenters. The molecular formula is C23H37N3O6. The number of aromatic nitrogens is 3. The fourth-order valence-electron chi connectivity index (χ4n) is 7.40. The van der Waals surface area contributed by atoms with Crippen molar-refractivity contribution in [1.82, 2.24) is 15.0 Å². The van der Waals surface area contributed by atoms with E-state index in [1.54, 1.807) is 6.20 Å². The van der Waals surface area contributed by atoms with Crippen molar-refractivity contribution < 1.29 is 30.3 Å². The molecular weight excluding hydrogens is 414 g/mol. The molecule has 0 saturated heterocycles. The van der Waals surface area contributed by atoms with E-state index in [-0.39, 0.29) is 6.54 Å². The molecule has 5 aliphatic carbocycles. The number of ether oxygens (including phenoxy) is 1.